The van der Waals surface area contributed by atoms with Gasteiger partial charge in [-0.15, -0.1) is 0 Å². The van der Waals surface area contributed by atoms with Gasteiger partial charge in [0.05, 0.1) is 31.4 Å². The highest BCUT2D eigenvalue weighted by molar-refractivity contribution is 8.16. The molecule has 7 heteroatoms. The third-order valence-electron chi connectivity index (χ3n) is 4.70. The van der Waals surface area contributed by atoms with Crippen LogP contribution in [0.4, 0.5) is 0 Å². The molecule has 0 aromatic carbocycles. The number of rotatable bonds is 5. The molecule has 0 radical (unpaired) electrons. The van der Waals surface area contributed by atoms with Crippen LogP contribution in [-0.2, 0) is 16.1 Å². The van der Waals surface area contributed by atoms with Crippen molar-refractivity contribution in [1.82, 2.24) is 14.8 Å². The Bertz CT molecular complexity index is 692. The second-order valence-electron chi connectivity index (χ2n) is 6.46. The molecule has 0 saturated carbocycles. The molecule has 1 atom stereocenters. The Hall–Kier alpha value is -1.86. The lowest BCUT2D eigenvalue weighted by molar-refractivity contribution is -0.135. The third kappa shape index (κ3) is 3.88. The number of carbonyl (C=O) groups excluding carboxylic acids is 1. The van der Waals surface area contributed by atoms with E-state index in [4.69, 9.17) is 4.74 Å². The molecule has 1 amide bonds. The summed E-state index contributed by atoms with van der Waals surface area (Å²) in [7, 11) is 0. The van der Waals surface area contributed by atoms with Crippen LogP contribution in [-0.4, -0.2) is 58.1 Å². The van der Waals surface area contributed by atoms with Gasteiger partial charge >= 0.3 is 0 Å². The van der Waals surface area contributed by atoms with Crippen LogP contribution in [0.2, 0.25) is 0 Å². The van der Waals surface area contributed by atoms with Crippen LogP contribution in [0.15, 0.2) is 40.5 Å². The highest BCUT2D eigenvalue weighted by Gasteiger charge is 2.30. The zero-order valence-electron chi connectivity index (χ0n) is 14.1. The van der Waals surface area contributed by atoms with E-state index >= 15 is 0 Å². The Labute approximate surface area is 152 Å². The molecule has 3 aliphatic heterocycles. The zero-order valence-corrected chi connectivity index (χ0v) is 15.0. The summed E-state index contributed by atoms with van der Waals surface area (Å²) in [5.41, 5.74) is 2.02. The van der Waals surface area contributed by atoms with Crippen molar-refractivity contribution in [3.8, 4) is 0 Å². The summed E-state index contributed by atoms with van der Waals surface area (Å²) in [6, 6.07) is 5.83. The van der Waals surface area contributed by atoms with E-state index in [-0.39, 0.29) is 12.0 Å². The van der Waals surface area contributed by atoms with E-state index in [1.807, 2.05) is 23.1 Å². The summed E-state index contributed by atoms with van der Waals surface area (Å²) in [4.78, 5) is 25.5. The van der Waals surface area contributed by atoms with E-state index in [9.17, 15) is 4.79 Å². The standard InChI is InChI=1S/C18H22N4O2S/c23-17(10-15-13-25-18-20-7-9-22(15)18)21-8-3-5-16(11-21)24-12-14-4-1-2-6-19-14/h1-2,4,6,13,16H,3,5,7-12H2/t16-/m1/s1. The monoisotopic (exact) mass is 358 g/mol. The maximum Gasteiger partial charge on any atom is 0.228 e. The van der Waals surface area contributed by atoms with Crippen LogP contribution in [0, 0.1) is 0 Å². The molecule has 0 N–H and O–H groups in total. The quantitative estimate of drug-likeness (QED) is 0.808. The molecule has 132 valence electrons. The van der Waals surface area contributed by atoms with E-state index in [0.717, 1.165) is 49.0 Å². The van der Waals surface area contributed by atoms with Crippen molar-refractivity contribution in [3.63, 3.8) is 0 Å². The number of aliphatic imine (C=N–C) groups is 1. The van der Waals surface area contributed by atoms with E-state index in [2.05, 4.69) is 20.3 Å². The smallest absolute Gasteiger partial charge is 0.228 e. The number of carbonyl (C=O) groups is 1. The van der Waals surface area contributed by atoms with Gasteiger partial charge in [-0.3, -0.25) is 14.8 Å². The number of hydrogen-bond donors (Lipinski definition) is 0. The molecule has 1 saturated heterocycles. The zero-order chi connectivity index (χ0) is 17.1. The number of amides is 1. The SMILES string of the molecule is O=C(CC1=CSC2=NCCN12)N1CCC[C@@H](OCc2ccccn2)C1. The number of hydrogen-bond acceptors (Lipinski definition) is 6. The van der Waals surface area contributed by atoms with Crippen molar-refractivity contribution in [2.75, 3.05) is 26.2 Å². The lowest BCUT2D eigenvalue weighted by Crippen LogP contribution is -2.43. The molecule has 1 aromatic heterocycles. The Morgan fingerprint density at radius 1 is 1.36 bits per heavy atom. The van der Waals surface area contributed by atoms with Crippen LogP contribution in [0.3, 0.4) is 0 Å². The predicted molar refractivity (Wildman–Crippen MR) is 97.9 cm³/mol. The number of likely N-dealkylation sites (tertiary alicyclic amines) is 1. The second kappa shape index (κ2) is 7.58. The number of nitrogens with zero attached hydrogens (tertiary/aromatic N) is 4. The summed E-state index contributed by atoms with van der Waals surface area (Å²) in [5, 5.41) is 3.10. The van der Waals surface area contributed by atoms with Crippen LogP contribution in [0.5, 0.6) is 0 Å². The first-order valence-electron chi connectivity index (χ1n) is 8.76. The fourth-order valence-electron chi connectivity index (χ4n) is 3.37. The van der Waals surface area contributed by atoms with Crippen molar-refractivity contribution in [2.45, 2.75) is 32.0 Å². The number of ether oxygens (including phenoxy) is 1. The maximum atomic E-state index is 12.7. The third-order valence-corrected chi connectivity index (χ3v) is 5.66. The molecule has 0 unspecified atom stereocenters. The fraction of sp³-hybridized carbons (Fsp3) is 0.500. The van der Waals surface area contributed by atoms with Crippen molar-refractivity contribution >= 4 is 22.8 Å². The summed E-state index contributed by atoms with van der Waals surface area (Å²) in [6.45, 7) is 3.73. The number of aromatic nitrogens is 1. The molecular formula is C18H22N4O2S. The summed E-state index contributed by atoms with van der Waals surface area (Å²) in [5.74, 6) is 0.186. The Morgan fingerprint density at radius 2 is 2.32 bits per heavy atom. The number of amidine groups is 1. The van der Waals surface area contributed by atoms with E-state index in [1.165, 1.54) is 0 Å². The van der Waals surface area contributed by atoms with Gasteiger partial charge in [0.2, 0.25) is 5.91 Å². The summed E-state index contributed by atoms with van der Waals surface area (Å²) < 4.78 is 5.98. The molecule has 0 bridgehead atoms. The van der Waals surface area contributed by atoms with Gasteiger partial charge in [0.25, 0.3) is 0 Å². The first-order valence-corrected chi connectivity index (χ1v) is 9.64. The van der Waals surface area contributed by atoms with Gasteiger partial charge < -0.3 is 14.5 Å². The molecule has 0 aliphatic carbocycles. The van der Waals surface area contributed by atoms with Crippen molar-refractivity contribution in [1.29, 1.82) is 0 Å². The van der Waals surface area contributed by atoms with Crippen LogP contribution >= 0.6 is 11.8 Å². The van der Waals surface area contributed by atoms with Gasteiger partial charge in [0.1, 0.15) is 0 Å². The van der Waals surface area contributed by atoms with Gasteiger partial charge in [0.15, 0.2) is 5.17 Å². The lowest BCUT2D eigenvalue weighted by atomic mass is 10.1. The van der Waals surface area contributed by atoms with E-state index in [0.29, 0.717) is 19.6 Å². The summed E-state index contributed by atoms with van der Waals surface area (Å²) in [6.07, 6.45) is 4.31. The number of thioether (sulfide) groups is 1. The van der Waals surface area contributed by atoms with Crippen molar-refractivity contribution in [2.24, 2.45) is 4.99 Å². The van der Waals surface area contributed by atoms with Gasteiger partial charge in [-0.25, -0.2) is 0 Å². The molecule has 4 heterocycles. The minimum Gasteiger partial charge on any atom is -0.370 e. The number of pyridine rings is 1. The number of piperidine rings is 1. The molecule has 6 nitrogen and oxygen atoms in total. The Morgan fingerprint density at radius 3 is 3.20 bits per heavy atom. The lowest BCUT2D eigenvalue weighted by Gasteiger charge is -2.33. The Kier molecular flexibility index (Phi) is 5.03. The highest BCUT2D eigenvalue weighted by atomic mass is 32.2. The molecular weight excluding hydrogens is 336 g/mol. The Balaban J connectivity index is 1.29. The van der Waals surface area contributed by atoms with E-state index < -0.39 is 0 Å². The van der Waals surface area contributed by atoms with Crippen LogP contribution in [0.25, 0.3) is 0 Å². The average Bonchev–Trinajstić information content (AvgIpc) is 3.26. The first kappa shape index (κ1) is 16.6. The predicted octanol–water partition coefficient (Wildman–Crippen LogP) is 2.24. The van der Waals surface area contributed by atoms with Crippen molar-refractivity contribution in [3.05, 3.63) is 41.2 Å². The van der Waals surface area contributed by atoms with Crippen LogP contribution in [0.1, 0.15) is 25.0 Å². The van der Waals surface area contributed by atoms with Gasteiger partial charge in [0, 0.05) is 31.5 Å². The van der Waals surface area contributed by atoms with Crippen LogP contribution < -0.4 is 0 Å². The second-order valence-corrected chi connectivity index (χ2v) is 7.29. The minimum atomic E-state index is 0.0931. The number of fused-ring (bicyclic) bond motifs is 1. The minimum absolute atomic E-state index is 0.0931. The average molecular weight is 358 g/mol. The van der Waals surface area contributed by atoms with Gasteiger partial charge in [-0.2, -0.15) is 0 Å². The molecule has 1 fully saturated rings. The van der Waals surface area contributed by atoms with Crippen molar-refractivity contribution < 1.29 is 9.53 Å². The van der Waals surface area contributed by atoms with E-state index in [1.54, 1.807) is 18.0 Å². The molecule has 4 rings (SSSR count). The molecule has 25 heavy (non-hydrogen) atoms. The molecule has 0 spiro atoms. The molecule has 1 aromatic rings. The van der Waals surface area contributed by atoms with Gasteiger partial charge in [-0.05, 0) is 30.4 Å². The first-order chi connectivity index (χ1) is 12.3. The maximum absolute atomic E-state index is 12.7. The van der Waals surface area contributed by atoms with Gasteiger partial charge in [-0.1, -0.05) is 17.8 Å². The topological polar surface area (TPSA) is 58.0 Å². The fourth-order valence-corrected chi connectivity index (χ4v) is 4.32. The summed E-state index contributed by atoms with van der Waals surface area (Å²) >= 11 is 1.63. The largest absolute Gasteiger partial charge is 0.370 e. The highest BCUT2D eigenvalue weighted by Crippen LogP contribution is 2.31. The molecule has 3 aliphatic rings. The normalized spacial score (nSPS) is 22.6.